The van der Waals surface area contributed by atoms with Gasteiger partial charge in [-0.15, -0.1) is 0 Å². The zero-order chi connectivity index (χ0) is 18.3. The average Bonchev–Trinajstić information content (AvgIpc) is 3.26. The van der Waals surface area contributed by atoms with Crippen LogP contribution in [0.4, 0.5) is 0 Å². The molecule has 2 heteroatoms. The second kappa shape index (κ2) is 8.33. The van der Waals surface area contributed by atoms with Crippen LogP contribution in [0.1, 0.15) is 27.8 Å². The van der Waals surface area contributed by atoms with Gasteiger partial charge in [0.25, 0.3) is 0 Å². The van der Waals surface area contributed by atoms with Crippen molar-refractivity contribution < 1.29 is 4.74 Å². The van der Waals surface area contributed by atoms with Crippen LogP contribution in [0, 0.1) is 0 Å². The normalized spacial score (nSPS) is 13.9. The third kappa shape index (κ3) is 4.24. The average molecular weight is 351 g/mol. The highest BCUT2D eigenvalue weighted by molar-refractivity contribution is 6.03. The standard InChI is InChI=1S/C25H21NO/c1-3-8-20(9-4-1)14-16-22-12-7-13-23(24(22)25-26-18-19-27-25)17-15-21-10-5-2-6-11-21/h1-17H,18-19H2/b16-14+,17-15+. The van der Waals surface area contributed by atoms with E-state index < -0.39 is 0 Å². The molecule has 0 unspecified atom stereocenters. The summed E-state index contributed by atoms with van der Waals surface area (Å²) >= 11 is 0. The molecular formula is C25H21NO. The molecule has 132 valence electrons. The Morgan fingerprint density at radius 2 is 1.19 bits per heavy atom. The molecule has 0 aliphatic carbocycles. The summed E-state index contributed by atoms with van der Waals surface area (Å²) in [7, 11) is 0. The molecule has 0 amide bonds. The summed E-state index contributed by atoms with van der Waals surface area (Å²) in [5, 5.41) is 0. The Morgan fingerprint density at radius 1 is 0.630 bits per heavy atom. The first kappa shape index (κ1) is 17.0. The molecule has 2 nitrogen and oxygen atoms in total. The van der Waals surface area contributed by atoms with Gasteiger partial charge >= 0.3 is 0 Å². The van der Waals surface area contributed by atoms with Crippen LogP contribution < -0.4 is 0 Å². The van der Waals surface area contributed by atoms with Gasteiger partial charge in [-0.3, -0.25) is 0 Å². The first-order valence-corrected chi connectivity index (χ1v) is 9.17. The zero-order valence-corrected chi connectivity index (χ0v) is 15.1. The van der Waals surface area contributed by atoms with Gasteiger partial charge in [0, 0.05) is 0 Å². The summed E-state index contributed by atoms with van der Waals surface area (Å²) in [5.41, 5.74) is 5.60. The van der Waals surface area contributed by atoms with Crippen LogP contribution in [-0.2, 0) is 4.74 Å². The Morgan fingerprint density at radius 3 is 1.67 bits per heavy atom. The van der Waals surface area contributed by atoms with Crippen LogP contribution in [-0.4, -0.2) is 19.0 Å². The molecule has 0 radical (unpaired) electrons. The maximum atomic E-state index is 5.81. The van der Waals surface area contributed by atoms with Crippen LogP contribution in [0.2, 0.25) is 0 Å². The molecule has 0 atom stereocenters. The molecule has 1 aliphatic rings. The third-order valence-corrected chi connectivity index (χ3v) is 4.44. The highest BCUT2D eigenvalue weighted by atomic mass is 16.5. The van der Waals surface area contributed by atoms with E-state index in [1.165, 1.54) is 11.1 Å². The molecule has 0 fully saturated rings. The monoisotopic (exact) mass is 351 g/mol. The van der Waals surface area contributed by atoms with E-state index in [1.807, 2.05) is 36.4 Å². The van der Waals surface area contributed by atoms with Gasteiger partial charge in [-0.2, -0.15) is 0 Å². The topological polar surface area (TPSA) is 21.6 Å². The summed E-state index contributed by atoms with van der Waals surface area (Å²) in [5.74, 6) is 0.732. The molecule has 3 aromatic rings. The molecule has 1 aliphatic heterocycles. The van der Waals surface area contributed by atoms with Gasteiger partial charge in [0.15, 0.2) is 0 Å². The zero-order valence-electron chi connectivity index (χ0n) is 15.1. The SMILES string of the molecule is C(=C\c1cccc(/C=C/c2ccccc2)c1C1=NCCO1)/c1ccccc1. The molecule has 0 saturated carbocycles. The number of hydrogen-bond acceptors (Lipinski definition) is 2. The first-order valence-electron chi connectivity index (χ1n) is 9.17. The minimum absolute atomic E-state index is 0.647. The van der Waals surface area contributed by atoms with Crippen LogP contribution in [0.15, 0.2) is 83.9 Å². The fourth-order valence-corrected chi connectivity index (χ4v) is 3.10. The minimum atomic E-state index is 0.647. The Labute approximate surface area is 160 Å². The molecule has 0 aromatic heterocycles. The van der Waals surface area contributed by atoms with Crippen molar-refractivity contribution in [1.82, 2.24) is 0 Å². The van der Waals surface area contributed by atoms with Crippen LogP contribution in [0.5, 0.6) is 0 Å². The van der Waals surface area contributed by atoms with Crippen molar-refractivity contribution in [2.24, 2.45) is 4.99 Å². The summed E-state index contributed by atoms with van der Waals surface area (Å²) in [4.78, 5) is 4.56. The van der Waals surface area contributed by atoms with Gasteiger partial charge in [-0.25, -0.2) is 4.99 Å². The largest absolute Gasteiger partial charge is 0.475 e. The van der Waals surface area contributed by atoms with E-state index >= 15 is 0 Å². The predicted molar refractivity (Wildman–Crippen MR) is 115 cm³/mol. The van der Waals surface area contributed by atoms with E-state index in [2.05, 4.69) is 71.8 Å². The van der Waals surface area contributed by atoms with Crippen molar-refractivity contribution >= 4 is 30.2 Å². The number of rotatable bonds is 5. The number of nitrogens with zero attached hydrogens (tertiary/aromatic N) is 1. The Balaban J connectivity index is 1.73. The number of hydrogen-bond donors (Lipinski definition) is 0. The van der Waals surface area contributed by atoms with E-state index in [-0.39, 0.29) is 0 Å². The molecule has 0 bridgehead atoms. The summed E-state index contributed by atoms with van der Waals surface area (Å²) in [6.07, 6.45) is 8.52. The van der Waals surface area contributed by atoms with E-state index in [9.17, 15) is 0 Å². The molecule has 0 N–H and O–H groups in total. The Bertz CT molecular complexity index is 918. The lowest BCUT2D eigenvalue weighted by Crippen LogP contribution is -2.06. The highest BCUT2D eigenvalue weighted by Gasteiger charge is 2.16. The van der Waals surface area contributed by atoms with Gasteiger partial charge in [0.2, 0.25) is 5.90 Å². The lowest BCUT2D eigenvalue weighted by molar-refractivity contribution is 0.348. The fraction of sp³-hybridized carbons (Fsp3) is 0.0800. The smallest absolute Gasteiger partial charge is 0.217 e. The van der Waals surface area contributed by atoms with Gasteiger partial charge < -0.3 is 4.74 Å². The second-order valence-corrected chi connectivity index (χ2v) is 6.33. The number of benzene rings is 3. The van der Waals surface area contributed by atoms with Gasteiger partial charge in [0.1, 0.15) is 6.61 Å². The van der Waals surface area contributed by atoms with Crippen LogP contribution >= 0.6 is 0 Å². The number of aliphatic imine (C=N–C) groups is 1. The molecular weight excluding hydrogens is 330 g/mol. The van der Waals surface area contributed by atoms with E-state index in [0.717, 1.165) is 22.6 Å². The predicted octanol–water partition coefficient (Wildman–Crippen LogP) is 5.80. The van der Waals surface area contributed by atoms with Crippen molar-refractivity contribution in [3.05, 3.63) is 107 Å². The molecule has 4 rings (SSSR count). The van der Waals surface area contributed by atoms with E-state index in [0.29, 0.717) is 13.2 Å². The van der Waals surface area contributed by atoms with Gasteiger partial charge in [0.05, 0.1) is 12.1 Å². The maximum absolute atomic E-state index is 5.81. The minimum Gasteiger partial charge on any atom is -0.475 e. The Kier molecular flexibility index (Phi) is 5.26. The molecule has 0 saturated heterocycles. The van der Waals surface area contributed by atoms with Crippen LogP contribution in [0.25, 0.3) is 24.3 Å². The second-order valence-electron chi connectivity index (χ2n) is 6.33. The molecule has 27 heavy (non-hydrogen) atoms. The van der Waals surface area contributed by atoms with Crippen molar-refractivity contribution in [1.29, 1.82) is 0 Å². The first-order chi connectivity index (χ1) is 13.4. The van der Waals surface area contributed by atoms with E-state index in [1.54, 1.807) is 0 Å². The lowest BCUT2D eigenvalue weighted by atomic mass is 9.98. The van der Waals surface area contributed by atoms with E-state index in [4.69, 9.17) is 4.74 Å². The Hall–Kier alpha value is -3.39. The fourth-order valence-electron chi connectivity index (χ4n) is 3.10. The third-order valence-electron chi connectivity index (χ3n) is 4.44. The molecule has 1 heterocycles. The summed E-state index contributed by atoms with van der Waals surface area (Å²) in [6, 6.07) is 26.9. The van der Waals surface area contributed by atoms with Crippen molar-refractivity contribution in [3.8, 4) is 0 Å². The molecule has 3 aromatic carbocycles. The van der Waals surface area contributed by atoms with Crippen LogP contribution in [0.3, 0.4) is 0 Å². The maximum Gasteiger partial charge on any atom is 0.217 e. The van der Waals surface area contributed by atoms with Gasteiger partial charge in [-0.1, -0.05) is 103 Å². The van der Waals surface area contributed by atoms with Crippen molar-refractivity contribution in [2.45, 2.75) is 0 Å². The highest BCUT2D eigenvalue weighted by Crippen LogP contribution is 2.23. The summed E-state index contributed by atoms with van der Waals surface area (Å²) < 4.78 is 5.81. The van der Waals surface area contributed by atoms with Gasteiger partial charge in [-0.05, 0) is 22.3 Å². The summed E-state index contributed by atoms with van der Waals surface area (Å²) in [6.45, 7) is 1.36. The van der Waals surface area contributed by atoms with Crippen molar-refractivity contribution in [3.63, 3.8) is 0 Å². The lowest BCUT2D eigenvalue weighted by Gasteiger charge is -2.10. The number of ether oxygens (including phenoxy) is 1. The molecule has 0 spiro atoms. The van der Waals surface area contributed by atoms with Crippen molar-refractivity contribution in [2.75, 3.05) is 13.2 Å². The quantitative estimate of drug-likeness (QED) is 0.532.